The summed E-state index contributed by atoms with van der Waals surface area (Å²) in [7, 11) is 0. The largest absolute Gasteiger partial charge is 0.477 e. The molecule has 1 atom stereocenters. The Balaban J connectivity index is 1.94. The highest BCUT2D eigenvalue weighted by Gasteiger charge is 2.46. The first-order chi connectivity index (χ1) is 14.8. The van der Waals surface area contributed by atoms with Crippen LogP contribution < -0.4 is 0 Å². The molecule has 5 nitrogen and oxygen atoms in total. The molecule has 0 fully saturated rings. The molecule has 31 heavy (non-hydrogen) atoms. The molecule has 6 heteroatoms. The lowest BCUT2D eigenvalue weighted by Crippen LogP contribution is -2.33. The van der Waals surface area contributed by atoms with E-state index in [1.807, 2.05) is 63.2 Å². The Morgan fingerprint density at radius 2 is 1.71 bits per heavy atom. The molecule has 1 aliphatic heterocycles. The normalized spacial score (nSPS) is 17.7. The molecule has 0 saturated carbocycles. The minimum absolute atomic E-state index is 0.0257. The van der Waals surface area contributed by atoms with Gasteiger partial charge in [-0.25, -0.2) is 9.78 Å². The molecule has 1 aromatic heterocycles. The van der Waals surface area contributed by atoms with E-state index in [-0.39, 0.29) is 22.3 Å². The fourth-order valence-corrected chi connectivity index (χ4v) is 4.49. The van der Waals surface area contributed by atoms with Crippen molar-refractivity contribution < 1.29 is 14.7 Å². The quantitative estimate of drug-likeness (QED) is 0.519. The number of Topliss-reactive ketones (excluding diaryl/α,β-unsaturated/α-hetero) is 1. The predicted octanol–water partition coefficient (Wildman–Crippen LogP) is 5.56. The van der Waals surface area contributed by atoms with Gasteiger partial charge in [-0.1, -0.05) is 74.0 Å². The van der Waals surface area contributed by atoms with Gasteiger partial charge in [-0.15, -0.1) is 11.3 Å². The van der Waals surface area contributed by atoms with Crippen molar-refractivity contribution in [2.24, 2.45) is 10.9 Å². The molecule has 0 saturated heterocycles. The van der Waals surface area contributed by atoms with Crippen molar-refractivity contribution in [3.8, 4) is 10.6 Å². The number of hydrogen-bond acceptors (Lipinski definition) is 5. The third-order valence-electron chi connectivity index (χ3n) is 5.32. The molecule has 2 heterocycles. The number of rotatable bonds is 6. The maximum Gasteiger partial charge on any atom is 0.347 e. The Morgan fingerprint density at radius 3 is 2.29 bits per heavy atom. The lowest BCUT2D eigenvalue weighted by Gasteiger charge is -2.22. The number of aromatic nitrogens is 1. The van der Waals surface area contributed by atoms with Crippen molar-refractivity contribution in [3.05, 3.63) is 87.9 Å². The number of hydrogen-bond donors (Lipinski definition) is 1. The van der Waals surface area contributed by atoms with Gasteiger partial charge in [0.15, 0.2) is 5.54 Å². The lowest BCUT2D eigenvalue weighted by atomic mass is 9.84. The summed E-state index contributed by atoms with van der Waals surface area (Å²) in [6.07, 6.45) is 3.44. The molecule has 1 aliphatic rings. The van der Waals surface area contributed by atoms with Crippen LogP contribution in [-0.2, 0) is 5.54 Å². The second kappa shape index (κ2) is 8.04. The van der Waals surface area contributed by atoms with Gasteiger partial charge < -0.3 is 5.11 Å². The van der Waals surface area contributed by atoms with Crippen LogP contribution in [-0.4, -0.2) is 28.1 Å². The molecule has 2 aromatic carbocycles. The zero-order valence-electron chi connectivity index (χ0n) is 17.5. The third kappa shape index (κ3) is 3.75. The number of carbonyl (C=O) groups is 2. The first-order valence-electron chi connectivity index (χ1n) is 10.0. The fourth-order valence-electron chi connectivity index (χ4n) is 3.52. The van der Waals surface area contributed by atoms with E-state index in [2.05, 4.69) is 9.98 Å². The van der Waals surface area contributed by atoms with Gasteiger partial charge in [0.1, 0.15) is 15.6 Å². The average molecular weight is 431 g/mol. The molecule has 1 unspecified atom stereocenters. The number of aryl methyl sites for hydroxylation is 1. The molecule has 4 rings (SSSR count). The summed E-state index contributed by atoms with van der Waals surface area (Å²) >= 11 is 1.06. The minimum Gasteiger partial charge on any atom is -0.477 e. The maximum absolute atomic E-state index is 13.8. The Labute approximate surface area is 184 Å². The van der Waals surface area contributed by atoms with Gasteiger partial charge in [-0.05, 0) is 24.5 Å². The van der Waals surface area contributed by atoms with Crippen molar-refractivity contribution in [2.45, 2.75) is 26.3 Å². The summed E-state index contributed by atoms with van der Waals surface area (Å²) in [6.45, 7) is 5.97. The molecular weight excluding hydrogens is 408 g/mol. The SMILES string of the molecule is Cc1ccc(C(=O)C2(c3nc(-c4ccccc4)sc3C(=O)O)C=C(C(C)C)C=N2)cc1. The van der Waals surface area contributed by atoms with E-state index < -0.39 is 11.5 Å². The number of carboxylic acid groups (broad SMARTS) is 1. The first kappa shape index (κ1) is 20.9. The van der Waals surface area contributed by atoms with E-state index in [9.17, 15) is 14.7 Å². The number of nitrogens with zero attached hydrogens (tertiary/aromatic N) is 2. The van der Waals surface area contributed by atoms with Crippen molar-refractivity contribution in [1.82, 2.24) is 4.98 Å². The van der Waals surface area contributed by atoms with Gasteiger partial charge in [0.25, 0.3) is 0 Å². The van der Waals surface area contributed by atoms with Crippen molar-refractivity contribution in [1.29, 1.82) is 0 Å². The van der Waals surface area contributed by atoms with E-state index >= 15 is 0 Å². The van der Waals surface area contributed by atoms with Crippen LogP contribution in [0, 0.1) is 12.8 Å². The maximum atomic E-state index is 13.8. The Kier molecular flexibility index (Phi) is 5.41. The number of thiazole rings is 1. The number of ketones is 1. The number of carbonyl (C=O) groups excluding carboxylic acids is 1. The molecular formula is C25H22N2O3S. The third-order valence-corrected chi connectivity index (χ3v) is 6.42. The van der Waals surface area contributed by atoms with Gasteiger partial charge in [-0.3, -0.25) is 9.79 Å². The van der Waals surface area contributed by atoms with Gasteiger partial charge >= 0.3 is 5.97 Å². The number of aliphatic imine (C=N–C) groups is 1. The highest BCUT2D eigenvalue weighted by molar-refractivity contribution is 7.17. The van der Waals surface area contributed by atoms with Crippen LogP contribution in [0.15, 0.2) is 71.2 Å². The van der Waals surface area contributed by atoms with E-state index in [0.717, 1.165) is 28.0 Å². The monoisotopic (exact) mass is 430 g/mol. The van der Waals surface area contributed by atoms with Crippen LogP contribution in [0.4, 0.5) is 0 Å². The number of benzene rings is 2. The molecule has 0 amide bonds. The molecule has 0 aliphatic carbocycles. The van der Waals surface area contributed by atoms with Crippen molar-refractivity contribution in [3.63, 3.8) is 0 Å². The van der Waals surface area contributed by atoms with Crippen LogP contribution in [0.25, 0.3) is 10.6 Å². The number of aromatic carboxylic acids is 1. The van der Waals surface area contributed by atoms with Gasteiger partial charge in [0, 0.05) is 17.3 Å². The standard InChI is InChI=1S/C25H22N2O3S/c1-15(2)19-13-25(26-14-19,22(28)17-11-9-16(3)10-12-17)21-20(24(29)30)31-23(27-21)18-7-5-4-6-8-18/h4-15H,1-3H3,(H,29,30). The first-order valence-corrected chi connectivity index (χ1v) is 10.8. The molecule has 0 bridgehead atoms. The van der Waals surface area contributed by atoms with Crippen LogP contribution >= 0.6 is 11.3 Å². The minimum atomic E-state index is -1.49. The van der Waals surface area contributed by atoms with E-state index in [0.29, 0.717) is 10.6 Å². The van der Waals surface area contributed by atoms with E-state index in [1.54, 1.807) is 24.4 Å². The Morgan fingerprint density at radius 1 is 1.03 bits per heavy atom. The average Bonchev–Trinajstić information content (AvgIpc) is 3.41. The Bertz CT molecular complexity index is 1210. The molecule has 0 radical (unpaired) electrons. The summed E-state index contributed by atoms with van der Waals surface area (Å²) in [4.78, 5) is 35.3. The zero-order valence-corrected chi connectivity index (χ0v) is 18.3. The summed E-state index contributed by atoms with van der Waals surface area (Å²) in [6, 6.07) is 16.6. The van der Waals surface area contributed by atoms with Crippen LogP contribution in [0.1, 0.15) is 45.1 Å². The van der Waals surface area contributed by atoms with Crippen LogP contribution in [0.3, 0.4) is 0 Å². The number of allylic oxidation sites excluding steroid dienone is 1. The van der Waals surface area contributed by atoms with Gasteiger partial charge in [0.05, 0.1) is 0 Å². The van der Waals surface area contributed by atoms with Crippen LogP contribution in [0.2, 0.25) is 0 Å². The topological polar surface area (TPSA) is 79.6 Å². The van der Waals surface area contributed by atoms with Crippen molar-refractivity contribution in [2.75, 3.05) is 0 Å². The molecule has 1 N–H and O–H groups in total. The molecule has 3 aromatic rings. The summed E-state index contributed by atoms with van der Waals surface area (Å²) in [5.41, 5.74) is 1.85. The predicted molar refractivity (Wildman–Crippen MR) is 123 cm³/mol. The van der Waals surface area contributed by atoms with Gasteiger partial charge in [0.2, 0.25) is 5.78 Å². The number of carboxylic acids is 1. The Hall–Kier alpha value is -3.38. The summed E-state index contributed by atoms with van der Waals surface area (Å²) in [5.74, 6) is -1.27. The zero-order chi connectivity index (χ0) is 22.2. The van der Waals surface area contributed by atoms with Gasteiger partial charge in [-0.2, -0.15) is 0 Å². The van der Waals surface area contributed by atoms with Crippen molar-refractivity contribution >= 4 is 29.3 Å². The van der Waals surface area contributed by atoms with E-state index in [4.69, 9.17) is 0 Å². The lowest BCUT2D eigenvalue weighted by molar-refractivity contribution is 0.0699. The molecule has 0 spiro atoms. The highest BCUT2D eigenvalue weighted by Crippen LogP contribution is 2.42. The fraction of sp³-hybridized carbons (Fsp3) is 0.200. The van der Waals surface area contributed by atoms with Crippen LogP contribution in [0.5, 0.6) is 0 Å². The smallest absolute Gasteiger partial charge is 0.347 e. The second-order valence-corrected chi connectivity index (χ2v) is 8.89. The van der Waals surface area contributed by atoms with E-state index in [1.165, 1.54) is 0 Å². The molecule has 156 valence electrons. The second-order valence-electron chi connectivity index (χ2n) is 7.89. The summed E-state index contributed by atoms with van der Waals surface area (Å²) in [5, 5.41) is 10.5. The highest BCUT2D eigenvalue weighted by atomic mass is 32.1. The summed E-state index contributed by atoms with van der Waals surface area (Å²) < 4.78 is 0.